The number of urea groups is 1. The molecule has 1 atom stereocenters. The number of nitrogens with one attached hydrogen (secondary N) is 2. The normalized spacial score (nSPS) is 12.0. The minimum atomic E-state index is -0.473. The second-order valence-corrected chi connectivity index (χ2v) is 4.75. The number of hydrogen-bond donors (Lipinski definition) is 3. The standard InChI is InChI=1S/C14H21N3O2/c1-10(2)13(11-7-5-4-6-8-11)16-9-12(18)17-14(19)15-3/h4-8,10,13,16H,9H2,1-3H3,(H2,15,17,18,19)/p+1/t13-/m0/s1. The average Bonchev–Trinajstić information content (AvgIpc) is 2.39. The van der Waals surface area contributed by atoms with Crippen molar-refractivity contribution in [3.8, 4) is 0 Å². The summed E-state index contributed by atoms with van der Waals surface area (Å²) in [7, 11) is 1.48. The topological polar surface area (TPSA) is 74.8 Å². The summed E-state index contributed by atoms with van der Waals surface area (Å²) in [6.07, 6.45) is 0. The van der Waals surface area contributed by atoms with Crippen LogP contribution in [0.2, 0.25) is 0 Å². The van der Waals surface area contributed by atoms with E-state index in [9.17, 15) is 9.59 Å². The molecule has 0 aromatic heterocycles. The second-order valence-electron chi connectivity index (χ2n) is 4.75. The van der Waals surface area contributed by atoms with Gasteiger partial charge < -0.3 is 10.6 Å². The zero-order valence-electron chi connectivity index (χ0n) is 11.6. The Kier molecular flexibility index (Phi) is 6.02. The number of carbonyl (C=O) groups is 2. The molecule has 0 saturated heterocycles. The van der Waals surface area contributed by atoms with Crippen molar-refractivity contribution in [2.45, 2.75) is 19.9 Å². The predicted octanol–water partition coefficient (Wildman–Crippen LogP) is 0.403. The van der Waals surface area contributed by atoms with Crippen LogP contribution in [0.25, 0.3) is 0 Å². The molecule has 0 radical (unpaired) electrons. The fourth-order valence-corrected chi connectivity index (χ4v) is 1.94. The molecule has 4 N–H and O–H groups in total. The molecule has 19 heavy (non-hydrogen) atoms. The third-order valence-electron chi connectivity index (χ3n) is 2.94. The van der Waals surface area contributed by atoms with Crippen LogP contribution in [0.15, 0.2) is 30.3 Å². The van der Waals surface area contributed by atoms with Crippen molar-refractivity contribution in [1.29, 1.82) is 0 Å². The summed E-state index contributed by atoms with van der Waals surface area (Å²) >= 11 is 0. The predicted molar refractivity (Wildman–Crippen MR) is 73.4 cm³/mol. The van der Waals surface area contributed by atoms with Gasteiger partial charge in [0.25, 0.3) is 5.91 Å². The van der Waals surface area contributed by atoms with Crippen LogP contribution in [0.4, 0.5) is 4.79 Å². The molecule has 5 nitrogen and oxygen atoms in total. The van der Waals surface area contributed by atoms with Crippen LogP contribution in [0.5, 0.6) is 0 Å². The quantitative estimate of drug-likeness (QED) is 0.720. The lowest BCUT2D eigenvalue weighted by Crippen LogP contribution is -2.88. The number of amides is 3. The van der Waals surface area contributed by atoms with Gasteiger partial charge in [0.15, 0.2) is 6.54 Å². The highest BCUT2D eigenvalue weighted by Gasteiger charge is 2.20. The Balaban J connectivity index is 2.56. The molecule has 5 heteroatoms. The van der Waals surface area contributed by atoms with E-state index in [1.165, 1.54) is 12.6 Å². The largest absolute Gasteiger partial charge is 0.341 e. The van der Waals surface area contributed by atoms with Crippen LogP contribution in [0.1, 0.15) is 25.5 Å². The molecule has 3 amide bonds. The number of imide groups is 1. The van der Waals surface area contributed by atoms with Crippen LogP contribution in [-0.4, -0.2) is 25.5 Å². The number of hydrogen-bond acceptors (Lipinski definition) is 2. The molecule has 1 aromatic carbocycles. The fourth-order valence-electron chi connectivity index (χ4n) is 1.94. The molecule has 1 aromatic rings. The zero-order valence-corrected chi connectivity index (χ0v) is 11.6. The van der Waals surface area contributed by atoms with Crippen LogP contribution < -0.4 is 16.0 Å². The van der Waals surface area contributed by atoms with Gasteiger partial charge in [-0.1, -0.05) is 44.2 Å². The smallest absolute Gasteiger partial charge is 0.321 e. The first-order valence-electron chi connectivity index (χ1n) is 6.44. The maximum Gasteiger partial charge on any atom is 0.321 e. The molecule has 0 aliphatic rings. The Morgan fingerprint density at radius 1 is 1.21 bits per heavy atom. The van der Waals surface area contributed by atoms with Gasteiger partial charge in [-0.15, -0.1) is 0 Å². The highest BCUT2D eigenvalue weighted by Crippen LogP contribution is 2.16. The van der Waals surface area contributed by atoms with E-state index in [4.69, 9.17) is 0 Å². The Morgan fingerprint density at radius 3 is 2.37 bits per heavy atom. The Morgan fingerprint density at radius 2 is 1.84 bits per heavy atom. The molecule has 0 aliphatic heterocycles. The van der Waals surface area contributed by atoms with Gasteiger partial charge in [0, 0.05) is 18.5 Å². The highest BCUT2D eigenvalue weighted by atomic mass is 16.2. The molecule has 0 aliphatic carbocycles. The summed E-state index contributed by atoms with van der Waals surface area (Å²) in [6.45, 7) is 4.46. The van der Waals surface area contributed by atoms with Crippen molar-refractivity contribution < 1.29 is 14.9 Å². The summed E-state index contributed by atoms with van der Waals surface area (Å²) in [5.74, 6) is 0.108. The fraction of sp³-hybridized carbons (Fsp3) is 0.429. The first-order valence-corrected chi connectivity index (χ1v) is 6.44. The van der Waals surface area contributed by atoms with E-state index in [1.807, 2.05) is 23.5 Å². The molecular formula is C14H22N3O2+. The van der Waals surface area contributed by atoms with E-state index in [2.05, 4.69) is 36.6 Å². The number of nitrogens with two attached hydrogens (primary N) is 1. The van der Waals surface area contributed by atoms with Crippen molar-refractivity contribution in [3.63, 3.8) is 0 Å². The molecule has 0 bridgehead atoms. The Labute approximate surface area is 113 Å². The number of benzene rings is 1. The van der Waals surface area contributed by atoms with Gasteiger partial charge in [0.1, 0.15) is 6.04 Å². The molecule has 0 heterocycles. The molecule has 0 saturated carbocycles. The number of quaternary nitrogens is 1. The van der Waals surface area contributed by atoms with Gasteiger partial charge in [-0.25, -0.2) is 4.79 Å². The lowest BCUT2D eigenvalue weighted by molar-refractivity contribution is -0.692. The van der Waals surface area contributed by atoms with Crippen LogP contribution in [-0.2, 0) is 4.79 Å². The summed E-state index contributed by atoms with van der Waals surface area (Å²) in [6, 6.07) is 9.79. The van der Waals surface area contributed by atoms with E-state index in [1.54, 1.807) is 0 Å². The molecule has 0 fully saturated rings. The van der Waals surface area contributed by atoms with Gasteiger partial charge in [0.05, 0.1) is 0 Å². The third kappa shape index (κ3) is 5.09. The zero-order chi connectivity index (χ0) is 14.3. The molecule has 104 valence electrons. The van der Waals surface area contributed by atoms with Gasteiger partial charge in [-0.3, -0.25) is 10.1 Å². The van der Waals surface area contributed by atoms with Crippen LogP contribution in [0.3, 0.4) is 0 Å². The van der Waals surface area contributed by atoms with Crippen LogP contribution >= 0.6 is 0 Å². The summed E-state index contributed by atoms with van der Waals surface area (Å²) in [5.41, 5.74) is 1.19. The van der Waals surface area contributed by atoms with Crippen molar-refractivity contribution in [2.75, 3.05) is 13.6 Å². The molecule has 1 rings (SSSR count). The second kappa shape index (κ2) is 7.53. The molecule has 0 unspecified atom stereocenters. The molecule has 0 spiro atoms. The minimum absolute atomic E-state index is 0.205. The lowest BCUT2D eigenvalue weighted by atomic mass is 9.96. The lowest BCUT2D eigenvalue weighted by Gasteiger charge is -2.19. The van der Waals surface area contributed by atoms with E-state index < -0.39 is 6.03 Å². The maximum absolute atomic E-state index is 11.6. The Bertz CT molecular complexity index is 418. The summed E-state index contributed by atoms with van der Waals surface area (Å²) in [5, 5.41) is 6.56. The molecular weight excluding hydrogens is 242 g/mol. The van der Waals surface area contributed by atoms with Gasteiger partial charge in [-0.05, 0) is 0 Å². The van der Waals surface area contributed by atoms with Crippen molar-refractivity contribution >= 4 is 11.9 Å². The monoisotopic (exact) mass is 264 g/mol. The summed E-state index contributed by atoms with van der Waals surface area (Å²) < 4.78 is 0. The van der Waals surface area contributed by atoms with Crippen molar-refractivity contribution in [3.05, 3.63) is 35.9 Å². The highest BCUT2D eigenvalue weighted by molar-refractivity contribution is 5.94. The first-order chi connectivity index (χ1) is 9.04. The van der Waals surface area contributed by atoms with Crippen molar-refractivity contribution in [2.24, 2.45) is 5.92 Å². The van der Waals surface area contributed by atoms with E-state index >= 15 is 0 Å². The third-order valence-corrected chi connectivity index (χ3v) is 2.94. The van der Waals surface area contributed by atoms with E-state index in [0.29, 0.717) is 5.92 Å². The minimum Gasteiger partial charge on any atom is -0.341 e. The van der Waals surface area contributed by atoms with Crippen LogP contribution in [0, 0.1) is 5.92 Å². The average molecular weight is 264 g/mol. The first kappa shape index (κ1) is 15.2. The van der Waals surface area contributed by atoms with Gasteiger partial charge in [0.2, 0.25) is 0 Å². The number of rotatable bonds is 5. The van der Waals surface area contributed by atoms with Gasteiger partial charge in [-0.2, -0.15) is 0 Å². The summed E-state index contributed by atoms with van der Waals surface area (Å²) in [4.78, 5) is 22.6. The SMILES string of the molecule is CNC(=O)NC(=O)C[NH2+][C@H](c1ccccc1)C(C)C. The van der Waals surface area contributed by atoms with Crippen molar-refractivity contribution in [1.82, 2.24) is 10.6 Å². The van der Waals surface area contributed by atoms with E-state index in [-0.39, 0.29) is 18.5 Å². The maximum atomic E-state index is 11.6. The Hall–Kier alpha value is -1.88. The number of carbonyl (C=O) groups excluding carboxylic acids is 2. The van der Waals surface area contributed by atoms with Gasteiger partial charge >= 0.3 is 6.03 Å². The van der Waals surface area contributed by atoms with E-state index in [0.717, 1.165) is 0 Å².